The number of hydrogen-bond donors (Lipinski definition) is 0. The van der Waals surface area contributed by atoms with Crippen molar-refractivity contribution in [3.8, 4) is 0 Å². The van der Waals surface area contributed by atoms with E-state index in [1.807, 2.05) is 11.8 Å². The number of alkyl halides is 1. The summed E-state index contributed by atoms with van der Waals surface area (Å²) in [6.45, 7) is 11.3. The highest BCUT2D eigenvalue weighted by molar-refractivity contribution is 6.30. The Balaban J connectivity index is 2.28. The molecule has 0 aliphatic carbocycles. The molecule has 0 bridgehead atoms. The minimum absolute atomic E-state index is 0.109. The summed E-state index contributed by atoms with van der Waals surface area (Å²) in [5.74, 6) is 0.861. The lowest BCUT2D eigenvalue weighted by Crippen LogP contribution is -2.50. The molecule has 0 N–H and O–H groups in total. The van der Waals surface area contributed by atoms with Crippen LogP contribution in [0.2, 0.25) is 0 Å². The summed E-state index contributed by atoms with van der Waals surface area (Å²) in [4.78, 5) is 16.2. The normalized spacial score (nSPS) is 19.7. The van der Waals surface area contributed by atoms with Crippen molar-refractivity contribution in [3.63, 3.8) is 0 Å². The lowest BCUT2D eigenvalue weighted by Gasteiger charge is -2.35. The van der Waals surface area contributed by atoms with Crippen LogP contribution in [0.15, 0.2) is 0 Å². The second-order valence-corrected chi connectivity index (χ2v) is 5.75. The molecule has 0 spiro atoms. The van der Waals surface area contributed by atoms with Gasteiger partial charge in [0, 0.05) is 26.2 Å². The van der Waals surface area contributed by atoms with Crippen molar-refractivity contribution in [1.29, 1.82) is 0 Å². The zero-order chi connectivity index (χ0) is 12.8. The van der Waals surface area contributed by atoms with Crippen LogP contribution in [-0.4, -0.2) is 53.8 Å². The summed E-state index contributed by atoms with van der Waals surface area (Å²) < 4.78 is 0. The molecule has 17 heavy (non-hydrogen) atoms. The molecule has 3 nitrogen and oxygen atoms in total. The van der Waals surface area contributed by atoms with Crippen LogP contribution in [0.4, 0.5) is 0 Å². The molecule has 1 amide bonds. The van der Waals surface area contributed by atoms with Crippen molar-refractivity contribution in [1.82, 2.24) is 9.80 Å². The quantitative estimate of drug-likeness (QED) is 0.708. The molecule has 0 aromatic heterocycles. The molecule has 0 saturated carbocycles. The molecule has 1 atom stereocenters. The Labute approximate surface area is 110 Å². The van der Waals surface area contributed by atoms with Crippen molar-refractivity contribution in [2.24, 2.45) is 5.92 Å². The third-order valence-corrected chi connectivity index (χ3v) is 3.83. The zero-order valence-corrected chi connectivity index (χ0v) is 12.0. The fraction of sp³-hybridized carbons (Fsp3) is 0.923. The van der Waals surface area contributed by atoms with E-state index >= 15 is 0 Å². The molecular formula is C13H25ClN2O. The molecule has 1 unspecified atom stereocenters. The first-order valence-electron chi connectivity index (χ1n) is 6.69. The molecule has 1 aliphatic heterocycles. The number of halogens is 1. The number of carbonyl (C=O) groups excluding carboxylic acids is 1. The summed E-state index contributed by atoms with van der Waals surface area (Å²) in [7, 11) is 0. The molecule has 0 aromatic carbocycles. The van der Waals surface area contributed by atoms with Gasteiger partial charge in [-0.25, -0.2) is 0 Å². The fourth-order valence-corrected chi connectivity index (χ4v) is 2.14. The topological polar surface area (TPSA) is 23.6 Å². The first-order valence-corrected chi connectivity index (χ1v) is 7.13. The van der Waals surface area contributed by atoms with Gasteiger partial charge < -0.3 is 4.90 Å². The van der Waals surface area contributed by atoms with E-state index in [1.54, 1.807) is 0 Å². The van der Waals surface area contributed by atoms with Crippen LogP contribution in [0.3, 0.4) is 0 Å². The zero-order valence-electron chi connectivity index (χ0n) is 11.3. The number of rotatable bonds is 5. The molecule has 0 radical (unpaired) electrons. The summed E-state index contributed by atoms with van der Waals surface area (Å²) >= 11 is 5.98. The van der Waals surface area contributed by atoms with Gasteiger partial charge in [0.1, 0.15) is 5.38 Å². The Morgan fingerprint density at radius 2 is 1.82 bits per heavy atom. The van der Waals surface area contributed by atoms with Crippen LogP contribution in [-0.2, 0) is 4.79 Å². The SMILES string of the molecule is CCC(Cl)C(=O)N1CCN(CCC(C)C)CC1. The van der Waals surface area contributed by atoms with Crippen LogP contribution in [0.5, 0.6) is 0 Å². The predicted octanol–water partition coefficient (Wildman–Crippen LogP) is 2.19. The second-order valence-electron chi connectivity index (χ2n) is 5.23. The Morgan fingerprint density at radius 3 is 2.29 bits per heavy atom. The molecule has 1 aliphatic rings. The maximum atomic E-state index is 11.9. The van der Waals surface area contributed by atoms with Crippen LogP contribution in [0.1, 0.15) is 33.6 Å². The Bertz CT molecular complexity index is 238. The molecular weight excluding hydrogens is 236 g/mol. The van der Waals surface area contributed by atoms with Crippen LogP contribution in [0, 0.1) is 5.92 Å². The molecule has 1 rings (SSSR count). The molecule has 1 fully saturated rings. The number of nitrogens with zero attached hydrogens (tertiary/aromatic N) is 2. The van der Waals surface area contributed by atoms with Gasteiger partial charge in [0.2, 0.25) is 5.91 Å². The Morgan fingerprint density at radius 1 is 1.24 bits per heavy atom. The molecule has 100 valence electrons. The number of amides is 1. The van der Waals surface area contributed by atoms with Crippen molar-refractivity contribution in [2.75, 3.05) is 32.7 Å². The molecule has 1 heterocycles. The molecule has 0 aromatic rings. The highest BCUT2D eigenvalue weighted by Crippen LogP contribution is 2.11. The maximum Gasteiger partial charge on any atom is 0.240 e. The van der Waals surface area contributed by atoms with Gasteiger partial charge >= 0.3 is 0 Å². The van der Waals surface area contributed by atoms with Crippen molar-refractivity contribution in [3.05, 3.63) is 0 Å². The van der Waals surface area contributed by atoms with Gasteiger partial charge in [0.05, 0.1) is 0 Å². The minimum Gasteiger partial charge on any atom is -0.339 e. The maximum absolute atomic E-state index is 11.9. The number of piperazine rings is 1. The first kappa shape index (κ1) is 14.8. The average molecular weight is 261 g/mol. The van der Waals surface area contributed by atoms with Crippen molar-refractivity contribution < 1.29 is 4.79 Å². The van der Waals surface area contributed by atoms with Gasteiger partial charge in [-0.15, -0.1) is 11.6 Å². The standard InChI is InChI=1S/C13H25ClN2O/c1-4-12(14)13(17)16-9-7-15(8-10-16)6-5-11(2)3/h11-12H,4-10H2,1-3H3. The Kier molecular flexibility index (Phi) is 6.28. The van der Waals surface area contributed by atoms with Gasteiger partial charge in [0.25, 0.3) is 0 Å². The van der Waals surface area contributed by atoms with E-state index in [9.17, 15) is 4.79 Å². The molecule has 4 heteroatoms. The van der Waals surface area contributed by atoms with E-state index in [-0.39, 0.29) is 11.3 Å². The van der Waals surface area contributed by atoms with Gasteiger partial charge in [-0.1, -0.05) is 20.8 Å². The van der Waals surface area contributed by atoms with Crippen molar-refractivity contribution in [2.45, 2.75) is 39.0 Å². The second kappa shape index (κ2) is 7.22. The van der Waals surface area contributed by atoms with Gasteiger partial charge in [-0.05, 0) is 25.3 Å². The molecule has 1 saturated heterocycles. The summed E-state index contributed by atoms with van der Waals surface area (Å²) in [5, 5.41) is -0.336. The number of carbonyl (C=O) groups is 1. The third-order valence-electron chi connectivity index (χ3n) is 3.33. The average Bonchev–Trinajstić information content (AvgIpc) is 2.35. The lowest BCUT2D eigenvalue weighted by atomic mass is 10.1. The van der Waals surface area contributed by atoms with Crippen LogP contribution in [0.25, 0.3) is 0 Å². The summed E-state index contributed by atoms with van der Waals surface area (Å²) in [6.07, 6.45) is 1.95. The summed E-state index contributed by atoms with van der Waals surface area (Å²) in [5.41, 5.74) is 0. The minimum atomic E-state index is -0.336. The monoisotopic (exact) mass is 260 g/mol. The highest BCUT2D eigenvalue weighted by atomic mass is 35.5. The van der Waals surface area contributed by atoms with Gasteiger partial charge in [-0.2, -0.15) is 0 Å². The van der Waals surface area contributed by atoms with Gasteiger partial charge in [-0.3, -0.25) is 9.69 Å². The van der Waals surface area contributed by atoms with E-state index in [0.717, 1.165) is 38.6 Å². The van der Waals surface area contributed by atoms with E-state index < -0.39 is 0 Å². The van der Waals surface area contributed by atoms with Crippen LogP contribution < -0.4 is 0 Å². The van der Waals surface area contributed by atoms with E-state index in [0.29, 0.717) is 6.42 Å². The van der Waals surface area contributed by atoms with Crippen molar-refractivity contribution >= 4 is 17.5 Å². The first-order chi connectivity index (χ1) is 8.04. The van der Waals surface area contributed by atoms with E-state index in [1.165, 1.54) is 6.42 Å². The lowest BCUT2D eigenvalue weighted by molar-refractivity contribution is -0.132. The predicted molar refractivity (Wildman–Crippen MR) is 72.4 cm³/mol. The fourth-order valence-electron chi connectivity index (χ4n) is 2.01. The van der Waals surface area contributed by atoms with Gasteiger partial charge in [0.15, 0.2) is 0 Å². The number of hydrogen-bond acceptors (Lipinski definition) is 2. The van der Waals surface area contributed by atoms with Crippen LogP contribution >= 0.6 is 11.6 Å². The largest absolute Gasteiger partial charge is 0.339 e. The van der Waals surface area contributed by atoms with E-state index in [4.69, 9.17) is 11.6 Å². The smallest absolute Gasteiger partial charge is 0.240 e. The summed E-state index contributed by atoms with van der Waals surface area (Å²) in [6, 6.07) is 0. The third kappa shape index (κ3) is 4.84. The Hall–Kier alpha value is -0.280. The highest BCUT2D eigenvalue weighted by Gasteiger charge is 2.24. The van der Waals surface area contributed by atoms with E-state index in [2.05, 4.69) is 18.7 Å².